The van der Waals surface area contributed by atoms with Crippen molar-refractivity contribution in [3.63, 3.8) is 0 Å². The van der Waals surface area contributed by atoms with Crippen molar-refractivity contribution in [3.8, 4) is 12.1 Å². The van der Waals surface area contributed by atoms with Gasteiger partial charge < -0.3 is 20.8 Å². The van der Waals surface area contributed by atoms with E-state index in [1.807, 2.05) is 13.8 Å². The van der Waals surface area contributed by atoms with Crippen LogP contribution in [0.5, 0.6) is 6.01 Å². The van der Waals surface area contributed by atoms with E-state index in [2.05, 4.69) is 38.6 Å². The molecule has 0 saturated heterocycles. The van der Waals surface area contributed by atoms with Crippen LogP contribution in [0.3, 0.4) is 0 Å². The highest BCUT2D eigenvalue weighted by Gasteiger charge is 2.17. The number of anilines is 1. The van der Waals surface area contributed by atoms with Crippen molar-refractivity contribution < 1.29 is 9.53 Å². The summed E-state index contributed by atoms with van der Waals surface area (Å²) in [6.07, 6.45) is 6.17. The number of nitrogen functional groups attached to an aromatic ring is 1. The molecule has 5 N–H and O–H groups in total. The van der Waals surface area contributed by atoms with Gasteiger partial charge in [-0.05, 0) is 46.1 Å². The normalized spacial score (nSPS) is 11.4. The van der Waals surface area contributed by atoms with Gasteiger partial charge in [-0.2, -0.15) is 15.2 Å². The van der Waals surface area contributed by atoms with Crippen LogP contribution in [0, 0.1) is 11.3 Å². The monoisotopic (exact) mass is 401 g/mol. The summed E-state index contributed by atoms with van der Waals surface area (Å²) < 4.78 is 5.60. The van der Waals surface area contributed by atoms with Crippen molar-refractivity contribution in [2.45, 2.75) is 65.0 Å². The molecule has 9 heteroatoms. The summed E-state index contributed by atoms with van der Waals surface area (Å²) in [6, 6.07) is 2.45. The van der Waals surface area contributed by atoms with E-state index >= 15 is 0 Å². The lowest BCUT2D eigenvalue weighted by Gasteiger charge is -2.25. The average Bonchev–Trinajstić information content (AvgIpc) is 3.03. The Bertz CT molecular complexity index is 855. The zero-order valence-electron chi connectivity index (χ0n) is 17.5. The smallest absolute Gasteiger partial charge is 0.319 e. The Labute approximate surface area is 171 Å². The molecule has 0 aliphatic rings. The number of nitrogens with zero attached hydrogens (tertiary/aromatic N) is 3. The molecule has 1 amide bonds. The van der Waals surface area contributed by atoms with Crippen LogP contribution in [0.1, 0.15) is 64.1 Å². The second kappa shape index (κ2) is 10.6. The highest BCUT2D eigenvalue weighted by molar-refractivity contribution is 5.89. The molecule has 0 aliphatic carbocycles. The van der Waals surface area contributed by atoms with Crippen molar-refractivity contribution in [2.75, 3.05) is 18.9 Å². The fraction of sp³-hybridized carbons (Fsp3) is 0.600. The molecule has 2 aromatic heterocycles. The highest BCUT2D eigenvalue weighted by Crippen LogP contribution is 2.27. The summed E-state index contributed by atoms with van der Waals surface area (Å²) in [7, 11) is 0. The van der Waals surface area contributed by atoms with Crippen molar-refractivity contribution in [2.24, 2.45) is 0 Å². The summed E-state index contributed by atoms with van der Waals surface area (Å²) in [4.78, 5) is 22.3. The lowest BCUT2D eigenvalue weighted by Crippen LogP contribution is -2.51. The number of ether oxygens (including phenoxy) is 1. The number of H-pyrrole nitrogens is 1. The lowest BCUT2D eigenvalue weighted by atomic mass is 10.1. The van der Waals surface area contributed by atoms with Crippen LogP contribution in [0.25, 0.3) is 11.0 Å². The topological polar surface area (TPSA) is 142 Å². The maximum absolute atomic E-state index is 10.6. The number of amides is 1. The number of carbonyl (C=O) groups is 1. The summed E-state index contributed by atoms with van der Waals surface area (Å²) in [5.41, 5.74) is 8.20. The highest BCUT2D eigenvalue weighted by atomic mass is 16.5. The van der Waals surface area contributed by atoms with E-state index in [0.29, 0.717) is 42.0 Å². The van der Waals surface area contributed by atoms with E-state index in [0.717, 1.165) is 44.2 Å². The van der Waals surface area contributed by atoms with Crippen LogP contribution in [0.2, 0.25) is 0 Å². The van der Waals surface area contributed by atoms with E-state index in [-0.39, 0.29) is 6.01 Å². The Morgan fingerprint density at radius 3 is 2.76 bits per heavy atom. The molecular weight excluding hydrogens is 370 g/mol. The van der Waals surface area contributed by atoms with Gasteiger partial charge in [-0.1, -0.05) is 19.8 Å². The molecule has 9 nitrogen and oxygen atoms in total. The molecule has 0 spiro atoms. The SMILES string of the molecule is CCCCOc1nc(N)c2[nH]c(C#N)c(CCCCCNC(C)(C)NC=O)c2n1. The Kier molecular flexibility index (Phi) is 8.21. The van der Waals surface area contributed by atoms with Crippen molar-refractivity contribution in [3.05, 3.63) is 11.3 Å². The quantitative estimate of drug-likeness (QED) is 0.229. The number of hydrogen-bond acceptors (Lipinski definition) is 7. The Hall–Kier alpha value is -2.86. The standard InChI is InChI=1S/C20H31N7O2/c1-4-5-11-29-19-26-16-14(15(12-21)25-17(16)18(22)27-19)9-7-6-8-10-23-20(2,3)24-13-28/h13,23,25H,4-11H2,1-3H3,(H,24,28)(H2,22,26,27). The van der Waals surface area contributed by atoms with Gasteiger partial charge in [-0.15, -0.1) is 0 Å². The van der Waals surface area contributed by atoms with Crippen LogP contribution in [0.15, 0.2) is 0 Å². The van der Waals surface area contributed by atoms with Crippen LogP contribution >= 0.6 is 0 Å². The Balaban J connectivity index is 2.00. The summed E-state index contributed by atoms with van der Waals surface area (Å²) >= 11 is 0. The van der Waals surface area contributed by atoms with Gasteiger partial charge in [0.2, 0.25) is 6.41 Å². The molecule has 29 heavy (non-hydrogen) atoms. The zero-order valence-corrected chi connectivity index (χ0v) is 17.5. The molecule has 2 rings (SSSR count). The molecule has 0 fully saturated rings. The van der Waals surface area contributed by atoms with Gasteiger partial charge in [0.05, 0.1) is 12.3 Å². The third-order valence-corrected chi connectivity index (χ3v) is 4.69. The number of fused-ring (bicyclic) bond motifs is 1. The first-order valence-corrected chi connectivity index (χ1v) is 10.1. The van der Waals surface area contributed by atoms with Crippen LogP contribution in [0.4, 0.5) is 5.82 Å². The predicted molar refractivity (Wildman–Crippen MR) is 112 cm³/mol. The molecule has 0 aliphatic heterocycles. The number of nitrogens with one attached hydrogen (secondary N) is 3. The van der Waals surface area contributed by atoms with Gasteiger partial charge in [0.15, 0.2) is 5.82 Å². The second-order valence-corrected chi connectivity index (χ2v) is 7.53. The maximum atomic E-state index is 10.6. The van der Waals surface area contributed by atoms with E-state index < -0.39 is 5.66 Å². The summed E-state index contributed by atoms with van der Waals surface area (Å²) in [6.45, 7) is 7.24. The van der Waals surface area contributed by atoms with Crippen LogP contribution in [-0.4, -0.2) is 40.2 Å². The summed E-state index contributed by atoms with van der Waals surface area (Å²) in [5, 5.41) is 15.5. The predicted octanol–water partition coefficient (Wildman–Crippen LogP) is 2.38. The van der Waals surface area contributed by atoms with Crippen LogP contribution < -0.4 is 21.1 Å². The molecule has 0 saturated carbocycles. The molecule has 2 heterocycles. The van der Waals surface area contributed by atoms with Gasteiger partial charge in [0.25, 0.3) is 0 Å². The molecule has 2 aromatic rings. The third-order valence-electron chi connectivity index (χ3n) is 4.69. The minimum absolute atomic E-state index is 0.252. The van der Waals surface area contributed by atoms with Gasteiger partial charge in [-0.25, -0.2) is 0 Å². The molecule has 158 valence electrons. The van der Waals surface area contributed by atoms with Crippen molar-refractivity contribution in [1.82, 2.24) is 25.6 Å². The number of carbonyl (C=O) groups excluding carboxylic acids is 1. The van der Waals surface area contributed by atoms with Gasteiger partial charge in [0.1, 0.15) is 22.8 Å². The lowest BCUT2D eigenvalue weighted by molar-refractivity contribution is -0.111. The number of aromatic amines is 1. The number of aromatic nitrogens is 3. The number of rotatable bonds is 13. The average molecular weight is 402 g/mol. The van der Waals surface area contributed by atoms with Gasteiger partial charge in [-0.3, -0.25) is 10.1 Å². The fourth-order valence-corrected chi connectivity index (χ4v) is 3.03. The second-order valence-electron chi connectivity index (χ2n) is 7.53. The van der Waals surface area contributed by atoms with E-state index in [9.17, 15) is 10.1 Å². The number of nitrogens with two attached hydrogens (primary N) is 1. The van der Waals surface area contributed by atoms with Crippen molar-refractivity contribution in [1.29, 1.82) is 5.26 Å². The third kappa shape index (κ3) is 6.32. The Morgan fingerprint density at radius 2 is 2.07 bits per heavy atom. The Morgan fingerprint density at radius 1 is 1.28 bits per heavy atom. The minimum Gasteiger partial charge on any atom is -0.463 e. The minimum atomic E-state index is -0.421. The van der Waals surface area contributed by atoms with Crippen molar-refractivity contribution >= 4 is 23.3 Å². The first kappa shape index (κ1) is 22.4. The first-order chi connectivity index (χ1) is 13.9. The van der Waals surface area contributed by atoms with E-state index in [1.165, 1.54) is 0 Å². The van der Waals surface area contributed by atoms with Gasteiger partial charge >= 0.3 is 6.01 Å². The molecule has 0 unspecified atom stereocenters. The number of nitriles is 1. The molecule has 0 radical (unpaired) electrons. The molecule has 0 atom stereocenters. The van der Waals surface area contributed by atoms with Gasteiger partial charge in [0, 0.05) is 5.56 Å². The van der Waals surface area contributed by atoms with Crippen LogP contribution in [-0.2, 0) is 11.2 Å². The molecule has 0 bridgehead atoms. The number of hydrogen-bond donors (Lipinski definition) is 4. The van der Waals surface area contributed by atoms with E-state index in [1.54, 1.807) is 0 Å². The van der Waals surface area contributed by atoms with E-state index in [4.69, 9.17) is 10.5 Å². The fourth-order valence-electron chi connectivity index (χ4n) is 3.03. The molecular formula is C20H31N7O2. The largest absolute Gasteiger partial charge is 0.463 e. The molecule has 0 aromatic carbocycles. The maximum Gasteiger partial charge on any atom is 0.319 e. The summed E-state index contributed by atoms with van der Waals surface area (Å²) in [5.74, 6) is 0.290. The number of unbranched alkanes of at least 4 members (excludes halogenated alkanes) is 3. The number of aryl methyl sites for hydroxylation is 1. The first-order valence-electron chi connectivity index (χ1n) is 10.1. The zero-order chi connectivity index (χ0) is 21.3.